The minimum absolute atomic E-state index is 0.00810. The van der Waals surface area contributed by atoms with Gasteiger partial charge in [0.25, 0.3) is 5.91 Å². The molecule has 1 unspecified atom stereocenters. The van der Waals surface area contributed by atoms with Crippen LogP contribution in [0.4, 0.5) is 13.2 Å². The minimum Gasteiger partial charge on any atom is -0.441 e. The SMILES string of the molecule is O=C(N[C@@H]1C[C@@H]2CCN(C2)C1)c1ccc(Oc2ccc(C(F)(F)F)[nH]2)cc1. The molecule has 2 saturated heterocycles. The van der Waals surface area contributed by atoms with Gasteiger partial charge in [0, 0.05) is 30.8 Å². The smallest absolute Gasteiger partial charge is 0.431 e. The molecule has 2 aliphatic rings. The molecule has 1 aromatic carbocycles. The van der Waals surface area contributed by atoms with Crippen molar-refractivity contribution in [3.05, 3.63) is 47.7 Å². The van der Waals surface area contributed by atoms with Crippen LogP contribution in [0.2, 0.25) is 0 Å². The van der Waals surface area contributed by atoms with Gasteiger partial charge in [-0.1, -0.05) is 0 Å². The van der Waals surface area contributed by atoms with E-state index in [9.17, 15) is 18.0 Å². The number of aromatic nitrogens is 1. The van der Waals surface area contributed by atoms with Crippen LogP contribution >= 0.6 is 0 Å². The Morgan fingerprint density at radius 2 is 1.93 bits per heavy atom. The fourth-order valence-electron chi connectivity index (χ4n) is 3.83. The maximum atomic E-state index is 12.6. The molecule has 2 aliphatic heterocycles. The normalized spacial score (nSPS) is 24.6. The van der Waals surface area contributed by atoms with Crippen molar-refractivity contribution < 1.29 is 22.7 Å². The van der Waals surface area contributed by atoms with Crippen molar-refractivity contribution in [3.63, 3.8) is 0 Å². The number of ether oxygens (including phenoxy) is 1. The maximum absolute atomic E-state index is 12.6. The average Bonchev–Trinajstić information content (AvgIpc) is 3.22. The van der Waals surface area contributed by atoms with Gasteiger partial charge in [-0.2, -0.15) is 13.2 Å². The number of fused-ring (bicyclic) bond motifs is 2. The Balaban J connectivity index is 1.35. The molecule has 3 heterocycles. The number of piperidine rings is 1. The van der Waals surface area contributed by atoms with Gasteiger partial charge in [-0.05, 0) is 55.6 Å². The van der Waals surface area contributed by atoms with Crippen LogP contribution in [-0.4, -0.2) is 41.5 Å². The number of hydrogen-bond donors (Lipinski definition) is 2. The summed E-state index contributed by atoms with van der Waals surface area (Å²) in [7, 11) is 0. The Morgan fingerprint density at radius 3 is 2.59 bits per heavy atom. The summed E-state index contributed by atoms with van der Waals surface area (Å²) in [5.41, 5.74) is -0.372. The van der Waals surface area contributed by atoms with Gasteiger partial charge in [-0.15, -0.1) is 0 Å². The number of halogens is 3. The highest BCUT2D eigenvalue weighted by atomic mass is 19.4. The summed E-state index contributed by atoms with van der Waals surface area (Å²) in [4.78, 5) is 17.0. The van der Waals surface area contributed by atoms with Gasteiger partial charge in [-0.3, -0.25) is 4.79 Å². The lowest BCUT2D eigenvalue weighted by Gasteiger charge is -2.30. The number of rotatable bonds is 4. The zero-order chi connectivity index (χ0) is 19.0. The fraction of sp³-hybridized carbons (Fsp3) is 0.421. The van der Waals surface area contributed by atoms with E-state index in [0.717, 1.165) is 32.1 Å². The second kappa shape index (κ2) is 6.92. The average molecular weight is 379 g/mol. The topological polar surface area (TPSA) is 57.4 Å². The summed E-state index contributed by atoms with van der Waals surface area (Å²) < 4.78 is 43.2. The number of carbonyl (C=O) groups excluding carboxylic acids is 1. The largest absolute Gasteiger partial charge is 0.441 e. The Kier molecular flexibility index (Phi) is 4.59. The summed E-state index contributed by atoms with van der Waals surface area (Å²) >= 11 is 0. The summed E-state index contributed by atoms with van der Waals surface area (Å²) in [5, 5.41) is 3.07. The summed E-state index contributed by atoms with van der Waals surface area (Å²) in [6, 6.07) is 8.65. The predicted octanol–water partition coefficient (Wildman–Crippen LogP) is 3.65. The van der Waals surface area contributed by atoms with Gasteiger partial charge >= 0.3 is 6.18 Å². The lowest BCUT2D eigenvalue weighted by Crippen LogP contribution is -2.46. The number of amides is 1. The molecular weight excluding hydrogens is 359 g/mol. The fourth-order valence-corrected chi connectivity index (χ4v) is 3.83. The second-order valence-corrected chi connectivity index (χ2v) is 7.18. The minimum atomic E-state index is -4.45. The monoisotopic (exact) mass is 379 g/mol. The third-order valence-corrected chi connectivity index (χ3v) is 5.11. The molecule has 8 heteroatoms. The zero-order valence-corrected chi connectivity index (χ0v) is 14.6. The van der Waals surface area contributed by atoms with Gasteiger partial charge in [0.1, 0.15) is 11.4 Å². The van der Waals surface area contributed by atoms with E-state index < -0.39 is 11.9 Å². The molecule has 27 heavy (non-hydrogen) atoms. The van der Waals surface area contributed by atoms with E-state index in [0.29, 0.717) is 17.2 Å². The lowest BCUT2D eigenvalue weighted by molar-refractivity contribution is -0.140. The summed E-state index contributed by atoms with van der Waals surface area (Å²) in [5.74, 6) is 0.866. The number of hydrogen-bond acceptors (Lipinski definition) is 3. The van der Waals surface area contributed by atoms with Crippen molar-refractivity contribution in [2.24, 2.45) is 5.92 Å². The van der Waals surface area contributed by atoms with Gasteiger partial charge in [-0.25, -0.2) is 0 Å². The van der Waals surface area contributed by atoms with Crippen LogP contribution in [0.3, 0.4) is 0 Å². The molecule has 2 aromatic rings. The summed E-state index contributed by atoms with van der Waals surface area (Å²) in [6.45, 7) is 3.13. The first kappa shape index (κ1) is 17.9. The van der Waals surface area contributed by atoms with E-state index in [4.69, 9.17) is 4.74 Å². The Morgan fingerprint density at radius 1 is 1.15 bits per heavy atom. The number of H-pyrrole nitrogens is 1. The first-order chi connectivity index (χ1) is 12.9. The molecule has 3 atom stereocenters. The molecule has 0 aliphatic carbocycles. The second-order valence-electron chi connectivity index (χ2n) is 7.18. The van der Waals surface area contributed by atoms with Crippen molar-refractivity contribution in [2.45, 2.75) is 25.1 Å². The van der Waals surface area contributed by atoms with Crippen LogP contribution in [-0.2, 0) is 6.18 Å². The molecule has 0 spiro atoms. The van der Waals surface area contributed by atoms with Crippen molar-refractivity contribution in [1.29, 1.82) is 0 Å². The van der Waals surface area contributed by atoms with Crippen LogP contribution in [0.5, 0.6) is 11.6 Å². The molecule has 2 N–H and O–H groups in total. The zero-order valence-electron chi connectivity index (χ0n) is 14.6. The predicted molar refractivity (Wildman–Crippen MR) is 92.7 cm³/mol. The highest BCUT2D eigenvalue weighted by molar-refractivity contribution is 5.94. The van der Waals surface area contributed by atoms with Crippen LogP contribution < -0.4 is 10.1 Å². The van der Waals surface area contributed by atoms with Crippen LogP contribution in [0.15, 0.2) is 36.4 Å². The van der Waals surface area contributed by atoms with Crippen molar-refractivity contribution >= 4 is 5.91 Å². The van der Waals surface area contributed by atoms with E-state index in [1.54, 1.807) is 24.3 Å². The number of benzene rings is 1. The molecule has 4 rings (SSSR count). The van der Waals surface area contributed by atoms with E-state index in [-0.39, 0.29) is 17.8 Å². The molecule has 144 valence electrons. The van der Waals surface area contributed by atoms with E-state index in [1.165, 1.54) is 12.5 Å². The standard InChI is InChI=1S/C19H20F3N3O2/c20-19(21,22)16-5-6-17(24-16)27-15-3-1-13(2-4-15)18(26)23-14-9-12-7-8-25(10-12)11-14/h1-6,12,14,24H,7-11H2,(H,23,26)/t12-,14+/m0/s1. The highest BCUT2D eigenvalue weighted by Crippen LogP contribution is 2.31. The molecular formula is C19H20F3N3O2. The molecule has 2 fully saturated rings. The molecule has 1 aromatic heterocycles. The van der Waals surface area contributed by atoms with E-state index >= 15 is 0 Å². The number of nitrogens with one attached hydrogen (secondary N) is 2. The van der Waals surface area contributed by atoms with Crippen molar-refractivity contribution in [3.8, 4) is 11.6 Å². The Bertz CT molecular complexity index is 804. The Hall–Kier alpha value is -2.48. The molecule has 0 saturated carbocycles. The van der Waals surface area contributed by atoms with Crippen molar-refractivity contribution in [2.75, 3.05) is 19.6 Å². The Labute approximate surface area is 154 Å². The molecule has 1 amide bonds. The number of aromatic amines is 1. The molecule has 0 radical (unpaired) electrons. The first-order valence-corrected chi connectivity index (χ1v) is 8.94. The quantitative estimate of drug-likeness (QED) is 0.853. The number of alkyl halides is 3. The van der Waals surface area contributed by atoms with Crippen LogP contribution in [0.1, 0.15) is 28.9 Å². The van der Waals surface area contributed by atoms with Crippen molar-refractivity contribution in [1.82, 2.24) is 15.2 Å². The molecule has 2 bridgehead atoms. The van der Waals surface area contributed by atoms with Gasteiger partial charge in [0.2, 0.25) is 0 Å². The number of nitrogens with zero attached hydrogens (tertiary/aromatic N) is 1. The maximum Gasteiger partial charge on any atom is 0.431 e. The van der Waals surface area contributed by atoms with Gasteiger partial charge < -0.3 is 19.9 Å². The van der Waals surface area contributed by atoms with E-state index in [1.807, 2.05) is 0 Å². The van der Waals surface area contributed by atoms with Gasteiger partial charge in [0.15, 0.2) is 5.88 Å². The van der Waals surface area contributed by atoms with Crippen LogP contribution in [0.25, 0.3) is 0 Å². The van der Waals surface area contributed by atoms with E-state index in [2.05, 4.69) is 15.2 Å². The third kappa shape index (κ3) is 4.10. The van der Waals surface area contributed by atoms with Gasteiger partial charge in [0.05, 0.1) is 0 Å². The highest BCUT2D eigenvalue weighted by Gasteiger charge is 2.33. The summed E-state index contributed by atoms with van der Waals surface area (Å²) in [6.07, 6.45) is -2.23. The molecule has 5 nitrogen and oxygen atoms in total. The number of carbonyl (C=O) groups is 1. The van der Waals surface area contributed by atoms with Crippen LogP contribution in [0, 0.1) is 5.92 Å². The lowest BCUT2D eigenvalue weighted by atomic mass is 9.96. The third-order valence-electron chi connectivity index (χ3n) is 5.11. The first-order valence-electron chi connectivity index (χ1n) is 8.94.